The minimum Gasteiger partial charge on any atom is -0.476 e. The molecule has 2 rings (SSSR count). The minimum atomic E-state index is -3.40. The van der Waals surface area contributed by atoms with Crippen molar-refractivity contribution in [3.63, 3.8) is 0 Å². The van der Waals surface area contributed by atoms with Gasteiger partial charge in [0.1, 0.15) is 6.61 Å². The van der Waals surface area contributed by atoms with Crippen LogP contribution in [0.5, 0.6) is 0 Å². The average molecular weight is 405 g/mol. The largest absolute Gasteiger partial charge is 0.476 e. The summed E-state index contributed by atoms with van der Waals surface area (Å²) < 4.78 is 29.4. The molecule has 144 valence electrons. The summed E-state index contributed by atoms with van der Waals surface area (Å²) in [5.41, 5.74) is -0.464. The molecule has 0 radical (unpaired) electrons. The van der Waals surface area contributed by atoms with Crippen molar-refractivity contribution in [1.82, 2.24) is 14.0 Å². The highest BCUT2D eigenvalue weighted by molar-refractivity contribution is 7.58. The molecule has 1 aromatic rings. The smallest absolute Gasteiger partial charge is 0.370 e. The maximum atomic E-state index is 13.2. The van der Waals surface area contributed by atoms with Gasteiger partial charge in [0.05, 0.1) is 19.8 Å². The van der Waals surface area contributed by atoms with Crippen molar-refractivity contribution in [2.24, 2.45) is 5.16 Å². The van der Waals surface area contributed by atoms with Crippen LogP contribution in [-0.2, 0) is 23.5 Å². The molecule has 1 aliphatic heterocycles. The standard InChI is InChI=1S/C13H20N5O6PS/c1-3-7-23-15-10(12(19)20)11-14-13(26-17-11)16-25(21,24-4-2)18-5-8-22-9-6-18/h3H,1,4-9H2,2H3,(H,19,20)(H,14,16,17,21). The lowest BCUT2D eigenvalue weighted by molar-refractivity contribution is -0.129. The molecule has 11 nitrogen and oxygen atoms in total. The van der Waals surface area contributed by atoms with Gasteiger partial charge in [0.2, 0.25) is 16.7 Å². The number of aromatic nitrogens is 2. The van der Waals surface area contributed by atoms with Crippen molar-refractivity contribution in [3.8, 4) is 0 Å². The van der Waals surface area contributed by atoms with Crippen LogP contribution in [0.4, 0.5) is 5.13 Å². The number of hydrogen-bond donors (Lipinski definition) is 2. The third kappa shape index (κ3) is 5.32. The van der Waals surface area contributed by atoms with E-state index in [1.54, 1.807) is 11.6 Å². The Bertz CT molecular complexity index is 705. The fourth-order valence-corrected chi connectivity index (χ4v) is 4.63. The Kier molecular flexibility index (Phi) is 7.66. The van der Waals surface area contributed by atoms with Crippen molar-refractivity contribution >= 4 is 36.0 Å². The Morgan fingerprint density at radius 2 is 2.31 bits per heavy atom. The zero-order valence-electron chi connectivity index (χ0n) is 14.2. The molecule has 0 aliphatic carbocycles. The number of carboxylic acid groups (broad SMARTS) is 1. The van der Waals surface area contributed by atoms with Crippen LogP contribution in [0.15, 0.2) is 17.8 Å². The molecule has 1 aromatic heterocycles. The van der Waals surface area contributed by atoms with E-state index >= 15 is 0 Å². The third-order valence-corrected chi connectivity index (χ3v) is 6.12. The van der Waals surface area contributed by atoms with E-state index in [0.29, 0.717) is 26.3 Å². The number of carboxylic acids is 1. The van der Waals surface area contributed by atoms with Crippen LogP contribution < -0.4 is 5.09 Å². The van der Waals surface area contributed by atoms with Gasteiger partial charge in [-0.25, -0.2) is 14.0 Å². The molecule has 1 saturated heterocycles. The van der Waals surface area contributed by atoms with Crippen molar-refractivity contribution in [2.75, 3.05) is 44.6 Å². The summed E-state index contributed by atoms with van der Waals surface area (Å²) in [4.78, 5) is 20.1. The Balaban J connectivity index is 2.18. The van der Waals surface area contributed by atoms with Gasteiger partial charge in [-0.15, -0.1) is 0 Å². The van der Waals surface area contributed by atoms with E-state index in [2.05, 4.69) is 26.2 Å². The molecule has 13 heteroatoms. The number of hydrogen-bond acceptors (Lipinski definition) is 9. The summed E-state index contributed by atoms with van der Waals surface area (Å²) in [7, 11) is -3.40. The van der Waals surface area contributed by atoms with Gasteiger partial charge < -0.3 is 19.2 Å². The van der Waals surface area contributed by atoms with Crippen LogP contribution in [-0.4, -0.2) is 70.3 Å². The average Bonchev–Trinajstić information content (AvgIpc) is 3.07. The van der Waals surface area contributed by atoms with Crippen LogP contribution in [0.2, 0.25) is 0 Å². The molecule has 0 saturated carbocycles. The number of morpholine rings is 1. The molecule has 0 spiro atoms. The van der Waals surface area contributed by atoms with E-state index in [1.807, 2.05) is 0 Å². The second-order valence-corrected chi connectivity index (χ2v) is 7.71. The molecule has 1 fully saturated rings. The fraction of sp³-hybridized carbons (Fsp3) is 0.538. The highest BCUT2D eigenvalue weighted by Crippen LogP contribution is 2.50. The number of carbonyl (C=O) groups is 1. The van der Waals surface area contributed by atoms with Gasteiger partial charge in [0, 0.05) is 24.6 Å². The Labute approximate surface area is 154 Å². The highest BCUT2D eigenvalue weighted by Gasteiger charge is 2.34. The van der Waals surface area contributed by atoms with E-state index in [9.17, 15) is 14.5 Å². The molecule has 1 aliphatic rings. The van der Waals surface area contributed by atoms with E-state index in [-0.39, 0.29) is 24.2 Å². The predicted octanol–water partition coefficient (Wildman–Crippen LogP) is 1.42. The first-order chi connectivity index (χ1) is 12.5. The molecule has 1 unspecified atom stereocenters. The number of rotatable bonds is 10. The zero-order valence-corrected chi connectivity index (χ0v) is 15.9. The molecule has 0 aromatic carbocycles. The Morgan fingerprint density at radius 1 is 1.58 bits per heavy atom. The summed E-state index contributed by atoms with van der Waals surface area (Å²) in [5.74, 6) is -1.50. The van der Waals surface area contributed by atoms with E-state index in [0.717, 1.165) is 11.5 Å². The maximum Gasteiger partial charge on any atom is 0.370 e. The van der Waals surface area contributed by atoms with Crippen molar-refractivity contribution in [1.29, 1.82) is 0 Å². The predicted molar refractivity (Wildman–Crippen MR) is 95.5 cm³/mol. The second kappa shape index (κ2) is 9.74. The van der Waals surface area contributed by atoms with Gasteiger partial charge in [-0.1, -0.05) is 17.8 Å². The van der Waals surface area contributed by atoms with E-state index in [1.165, 1.54) is 6.08 Å². The number of nitrogens with zero attached hydrogens (tertiary/aromatic N) is 4. The Morgan fingerprint density at radius 3 is 2.92 bits per heavy atom. The number of ether oxygens (including phenoxy) is 1. The van der Waals surface area contributed by atoms with E-state index in [4.69, 9.17) is 14.1 Å². The summed E-state index contributed by atoms with van der Waals surface area (Å²) in [5, 5.41) is 15.6. The normalized spacial score (nSPS) is 18.1. The van der Waals surface area contributed by atoms with Gasteiger partial charge in [-0.05, 0) is 6.92 Å². The molecule has 26 heavy (non-hydrogen) atoms. The van der Waals surface area contributed by atoms with Crippen molar-refractivity contribution in [2.45, 2.75) is 6.92 Å². The lowest BCUT2D eigenvalue weighted by Gasteiger charge is -2.32. The summed E-state index contributed by atoms with van der Waals surface area (Å²) in [6.45, 7) is 7.20. The summed E-state index contributed by atoms with van der Waals surface area (Å²) in [6.07, 6.45) is 1.42. The van der Waals surface area contributed by atoms with Gasteiger partial charge >= 0.3 is 13.6 Å². The van der Waals surface area contributed by atoms with Crippen molar-refractivity contribution in [3.05, 3.63) is 18.5 Å². The first kappa shape index (κ1) is 20.5. The van der Waals surface area contributed by atoms with Gasteiger partial charge in [0.15, 0.2) is 0 Å². The summed E-state index contributed by atoms with van der Waals surface area (Å²) in [6, 6.07) is 0. The molecular formula is C13H20N5O6PS. The molecular weight excluding hydrogens is 385 g/mol. The topological polar surface area (TPSA) is 135 Å². The quantitative estimate of drug-likeness (QED) is 0.193. The van der Waals surface area contributed by atoms with Crippen LogP contribution >= 0.6 is 19.2 Å². The molecule has 0 amide bonds. The van der Waals surface area contributed by atoms with Crippen molar-refractivity contribution < 1.29 is 28.6 Å². The molecule has 1 atom stereocenters. The minimum absolute atomic E-state index is 0.0442. The molecule has 2 N–H and O–H groups in total. The van der Waals surface area contributed by atoms with Crippen LogP contribution in [0, 0.1) is 0 Å². The highest BCUT2D eigenvalue weighted by atomic mass is 32.1. The van der Waals surface area contributed by atoms with Gasteiger partial charge in [-0.3, -0.25) is 5.09 Å². The van der Waals surface area contributed by atoms with Crippen LogP contribution in [0.1, 0.15) is 12.7 Å². The number of anilines is 1. The lowest BCUT2D eigenvalue weighted by Crippen LogP contribution is -2.36. The first-order valence-corrected chi connectivity index (χ1v) is 10.1. The molecule has 2 heterocycles. The fourth-order valence-electron chi connectivity index (χ4n) is 1.99. The van der Waals surface area contributed by atoms with E-state index < -0.39 is 19.4 Å². The van der Waals surface area contributed by atoms with Crippen LogP contribution in [0.3, 0.4) is 0 Å². The second-order valence-electron chi connectivity index (χ2n) is 4.87. The summed E-state index contributed by atoms with van der Waals surface area (Å²) >= 11 is 0.849. The monoisotopic (exact) mass is 405 g/mol. The third-order valence-electron chi connectivity index (χ3n) is 3.09. The maximum absolute atomic E-state index is 13.2. The zero-order chi connectivity index (χ0) is 19.0. The lowest BCUT2D eigenvalue weighted by atomic mass is 10.4. The first-order valence-electron chi connectivity index (χ1n) is 7.74. The van der Waals surface area contributed by atoms with Gasteiger partial charge in [0.25, 0.3) is 0 Å². The SMILES string of the molecule is C=CCON=C(C(=O)O)c1nsc(NP(=O)(OCC)N2CCOCC2)n1. The van der Waals surface area contributed by atoms with Crippen LogP contribution in [0.25, 0.3) is 0 Å². The number of oxime groups is 1. The number of aliphatic carboxylic acids is 1. The molecule has 0 bridgehead atoms. The Hall–Kier alpha value is -1.85. The van der Waals surface area contributed by atoms with Gasteiger partial charge in [-0.2, -0.15) is 9.36 Å². The number of nitrogens with one attached hydrogen (secondary N) is 1.